The lowest BCUT2D eigenvalue weighted by Crippen LogP contribution is -2.54. The third-order valence-electron chi connectivity index (χ3n) is 4.24. The van der Waals surface area contributed by atoms with E-state index in [0.717, 1.165) is 11.3 Å². The van der Waals surface area contributed by atoms with Crippen molar-refractivity contribution in [2.24, 2.45) is 5.73 Å². The quantitative estimate of drug-likeness (QED) is 0.846. The van der Waals surface area contributed by atoms with E-state index >= 15 is 0 Å². The molecule has 1 saturated heterocycles. The standard InChI is InChI=1S/C17H21N3O4S/c1-22-13-4-3-11(9-14(13)23-2)12-10-25-16(19-12)20-15(21)17(18)5-7-24-8-6-17/h3-4,9-10H,5-8,18H2,1-2H3,(H,19,20,21). The lowest BCUT2D eigenvalue weighted by Gasteiger charge is -2.31. The van der Waals surface area contributed by atoms with Crippen LogP contribution in [0.2, 0.25) is 0 Å². The summed E-state index contributed by atoms with van der Waals surface area (Å²) in [5.41, 5.74) is 6.92. The Morgan fingerprint density at radius 3 is 2.68 bits per heavy atom. The lowest BCUT2D eigenvalue weighted by atomic mass is 9.90. The Labute approximate surface area is 150 Å². The maximum atomic E-state index is 12.5. The first-order valence-corrected chi connectivity index (χ1v) is 8.80. The van der Waals surface area contributed by atoms with Crippen molar-refractivity contribution < 1.29 is 19.0 Å². The molecule has 0 atom stereocenters. The molecule has 0 radical (unpaired) electrons. The third kappa shape index (κ3) is 3.76. The van der Waals surface area contributed by atoms with Crippen LogP contribution < -0.4 is 20.5 Å². The van der Waals surface area contributed by atoms with Crippen molar-refractivity contribution in [3.8, 4) is 22.8 Å². The first-order valence-electron chi connectivity index (χ1n) is 7.92. The summed E-state index contributed by atoms with van der Waals surface area (Å²) in [6.45, 7) is 0.997. The van der Waals surface area contributed by atoms with Gasteiger partial charge in [-0.05, 0) is 31.0 Å². The molecule has 0 aliphatic carbocycles. The van der Waals surface area contributed by atoms with Crippen molar-refractivity contribution in [2.45, 2.75) is 18.4 Å². The van der Waals surface area contributed by atoms with E-state index in [1.807, 2.05) is 23.6 Å². The van der Waals surface area contributed by atoms with Crippen molar-refractivity contribution in [3.05, 3.63) is 23.6 Å². The minimum Gasteiger partial charge on any atom is -0.493 e. The first-order chi connectivity index (χ1) is 12.1. The summed E-state index contributed by atoms with van der Waals surface area (Å²) in [6.07, 6.45) is 1.01. The van der Waals surface area contributed by atoms with Crippen molar-refractivity contribution >= 4 is 22.4 Å². The number of carbonyl (C=O) groups is 1. The second-order valence-corrected chi connectivity index (χ2v) is 6.69. The van der Waals surface area contributed by atoms with Crippen molar-refractivity contribution in [1.29, 1.82) is 0 Å². The number of anilines is 1. The summed E-state index contributed by atoms with van der Waals surface area (Å²) in [4.78, 5) is 16.9. The maximum absolute atomic E-state index is 12.5. The first kappa shape index (κ1) is 17.7. The molecule has 1 aliphatic heterocycles. The predicted octanol–water partition coefficient (Wildman–Crippen LogP) is 2.27. The van der Waals surface area contributed by atoms with Gasteiger partial charge in [0, 0.05) is 24.2 Å². The van der Waals surface area contributed by atoms with Crippen LogP contribution in [0.15, 0.2) is 23.6 Å². The van der Waals surface area contributed by atoms with Crippen LogP contribution in [0, 0.1) is 0 Å². The summed E-state index contributed by atoms with van der Waals surface area (Å²) in [5.74, 6) is 1.06. The van der Waals surface area contributed by atoms with Gasteiger partial charge in [-0.3, -0.25) is 4.79 Å². The van der Waals surface area contributed by atoms with Crippen molar-refractivity contribution in [3.63, 3.8) is 0 Å². The largest absolute Gasteiger partial charge is 0.493 e. The number of amides is 1. The zero-order chi connectivity index (χ0) is 17.9. The molecular weight excluding hydrogens is 342 g/mol. The fourth-order valence-electron chi connectivity index (χ4n) is 2.64. The zero-order valence-electron chi connectivity index (χ0n) is 14.2. The number of rotatable bonds is 5. The Balaban J connectivity index is 1.75. The zero-order valence-corrected chi connectivity index (χ0v) is 15.0. The fourth-order valence-corrected chi connectivity index (χ4v) is 3.36. The van der Waals surface area contributed by atoms with E-state index < -0.39 is 5.54 Å². The number of benzene rings is 1. The predicted molar refractivity (Wildman–Crippen MR) is 96.3 cm³/mol. The van der Waals surface area contributed by atoms with Gasteiger partial charge in [0.2, 0.25) is 5.91 Å². The van der Waals surface area contributed by atoms with Gasteiger partial charge in [-0.25, -0.2) is 4.98 Å². The number of ether oxygens (including phenoxy) is 3. The normalized spacial score (nSPS) is 16.3. The molecule has 1 aliphatic rings. The smallest absolute Gasteiger partial charge is 0.246 e. The summed E-state index contributed by atoms with van der Waals surface area (Å²) in [7, 11) is 3.18. The van der Waals surface area contributed by atoms with Crippen molar-refractivity contribution in [2.75, 3.05) is 32.8 Å². The molecule has 0 spiro atoms. The second kappa shape index (κ2) is 7.38. The number of nitrogens with two attached hydrogens (primary N) is 1. The molecule has 1 aromatic carbocycles. The van der Waals surface area contributed by atoms with Crippen LogP contribution in [0.5, 0.6) is 11.5 Å². The van der Waals surface area contributed by atoms with Gasteiger partial charge in [-0.15, -0.1) is 11.3 Å². The van der Waals surface area contributed by atoms with Crippen LogP contribution in [0.3, 0.4) is 0 Å². The van der Waals surface area contributed by atoms with Crippen molar-refractivity contribution in [1.82, 2.24) is 4.98 Å². The SMILES string of the molecule is COc1ccc(-c2csc(NC(=O)C3(N)CCOCC3)n2)cc1OC. The van der Waals surface area contributed by atoms with E-state index in [1.165, 1.54) is 11.3 Å². The Hall–Kier alpha value is -2.16. The highest BCUT2D eigenvalue weighted by molar-refractivity contribution is 7.14. The minimum absolute atomic E-state index is 0.219. The van der Waals surface area contributed by atoms with Gasteiger partial charge in [-0.1, -0.05) is 0 Å². The number of nitrogens with one attached hydrogen (secondary N) is 1. The maximum Gasteiger partial charge on any atom is 0.246 e. The number of carbonyl (C=O) groups excluding carboxylic acids is 1. The molecule has 1 amide bonds. The average molecular weight is 363 g/mol. The van der Waals surface area contributed by atoms with E-state index in [9.17, 15) is 4.79 Å². The molecule has 3 N–H and O–H groups in total. The fraction of sp³-hybridized carbons (Fsp3) is 0.412. The molecule has 2 aromatic rings. The van der Waals surface area contributed by atoms with Crippen LogP contribution in [0.4, 0.5) is 5.13 Å². The average Bonchev–Trinajstić information content (AvgIpc) is 3.10. The molecule has 0 saturated carbocycles. The Morgan fingerprint density at radius 2 is 2.00 bits per heavy atom. The summed E-state index contributed by atoms with van der Waals surface area (Å²) < 4.78 is 15.8. The van der Waals surface area contributed by atoms with E-state index in [1.54, 1.807) is 14.2 Å². The molecule has 0 bridgehead atoms. The number of methoxy groups -OCH3 is 2. The molecular formula is C17H21N3O4S. The number of nitrogens with zero attached hydrogens (tertiary/aromatic N) is 1. The monoisotopic (exact) mass is 363 g/mol. The van der Waals surface area contributed by atoms with Crippen LogP contribution in [-0.4, -0.2) is 43.9 Å². The number of aromatic nitrogens is 1. The van der Waals surface area contributed by atoms with E-state index in [4.69, 9.17) is 19.9 Å². The summed E-state index contributed by atoms with van der Waals surface area (Å²) >= 11 is 1.36. The van der Waals surface area contributed by atoms with Gasteiger partial charge >= 0.3 is 0 Å². The highest BCUT2D eigenvalue weighted by Gasteiger charge is 2.36. The molecule has 0 unspecified atom stereocenters. The lowest BCUT2D eigenvalue weighted by molar-refractivity contribution is -0.124. The molecule has 25 heavy (non-hydrogen) atoms. The van der Waals surface area contributed by atoms with Crippen LogP contribution >= 0.6 is 11.3 Å². The molecule has 1 aromatic heterocycles. The summed E-state index contributed by atoms with van der Waals surface area (Å²) in [6, 6.07) is 5.57. The van der Waals surface area contributed by atoms with Gasteiger partial charge in [0.15, 0.2) is 16.6 Å². The molecule has 2 heterocycles. The van der Waals surface area contributed by atoms with E-state index in [2.05, 4.69) is 10.3 Å². The van der Waals surface area contributed by atoms with Crippen LogP contribution in [-0.2, 0) is 9.53 Å². The molecule has 8 heteroatoms. The van der Waals surface area contributed by atoms with Gasteiger partial charge in [-0.2, -0.15) is 0 Å². The van der Waals surface area contributed by atoms with Gasteiger partial charge in [0.1, 0.15) is 5.54 Å². The van der Waals surface area contributed by atoms with E-state index in [0.29, 0.717) is 42.7 Å². The molecule has 134 valence electrons. The summed E-state index contributed by atoms with van der Waals surface area (Å²) in [5, 5.41) is 5.22. The molecule has 3 rings (SSSR count). The number of hydrogen-bond donors (Lipinski definition) is 2. The highest BCUT2D eigenvalue weighted by atomic mass is 32.1. The van der Waals surface area contributed by atoms with Gasteiger partial charge < -0.3 is 25.3 Å². The highest BCUT2D eigenvalue weighted by Crippen LogP contribution is 2.33. The molecule has 7 nitrogen and oxygen atoms in total. The third-order valence-corrected chi connectivity index (χ3v) is 5.00. The Kier molecular flexibility index (Phi) is 5.22. The van der Waals surface area contributed by atoms with Crippen LogP contribution in [0.25, 0.3) is 11.3 Å². The minimum atomic E-state index is -0.895. The number of hydrogen-bond acceptors (Lipinski definition) is 7. The van der Waals surface area contributed by atoms with Gasteiger partial charge in [0.05, 0.1) is 19.9 Å². The van der Waals surface area contributed by atoms with Gasteiger partial charge in [0.25, 0.3) is 0 Å². The van der Waals surface area contributed by atoms with Crippen LogP contribution in [0.1, 0.15) is 12.8 Å². The topological polar surface area (TPSA) is 95.7 Å². The Morgan fingerprint density at radius 1 is 1.28 bits per heavy atom. The second-order valence-electron chi connectivity index (χ2n) is 5.83. The Bertz CT molecular complexity index is 756. The molecule has 1 fully saturated rings. The number of thiazole rings is 1. The van der Waals surface area contributed by atoms with E-state index in [-0.39, 0.29) is 5.91 Å².